The molecule has 1 fully saturated rings. The van der Waals surface area contributed by atoms with Crippen LogP contribution < -0.4 is 0 Å². The molecule has 0 spiro atoms. The molecule has 132 valence electrons. The number of benzene rings is 1. The lowest BCUT2D eigenvalue weighted by atomic mass is 9.95. The largest absolute Gasteiger partial charge is 0.286 e. The molecule has 0 unspecified atom stereocenters. The third kappa shape index (κ3) is 3.08. The lowest BCUT2D eigenvalue weighted by Gasteiger charge is -2.36. The molecule has 6 heteroatoms. The molecule has 24 heavy (non-hydrogen) atoms. The van der Waals surface area contributed by atoms with Crippen LogP contribution in [0.15, 0.2) is 4.90 Å². The molecule has 0 aromatic heterocycles. The van der Waals surface area contributed by atoms with Crippen molar-refractivity contribution in [1.29, 1.82) is 5.26 Å². The second-order valence-corrected chi connectivity index (χ2v) is 8.57. The molecular formula is C18H27N3O2S. The van der Waals surface area contributed by atoms with Crippen LogP contribution in [-0.2, 0) is 10.0 Å². The van der Waals surface area contributed by atoms with Gasteiger partial charge in [0.2, 0.25) is 10.0 Å². The standard InChI is InChI=1S/C18H27N3O2S/c1-12(11-19)20-7-9-21(10-8-20)24(22,23)18-16(5)14(3)13(2)15(4)17(18)6/h12H,7-10H2,1-6H3/t12-/m1/s1. The van der Waals surface area contributed by atoms with E-state index in [2.05, 4.69) is 6.07 Å². The molecule has 0 amide bonds. The van der Waals surface area contributed by atoms with E-state index in [4.69, 9.17) is 5.26 Å². The summed E-state index contributed by atoms with van der Waals surface area (Å²) < 4.78 is 28.0. The average molecular weight is 350 g/mol. The third-order valence-corrected chi connectivity index (χ3v) is 7.71. The number of hydrogen-bond acceptors (Lipinski definition) is 4. The number of nitriles is 1. The van der Waals surface area contributed by atoms with Crippen LogP contribution in [0, 0.1) is 45.9 Å². The Hall–Kier alpha value is -1.42. The maximum Gasteiger partial charge on any atom is 0.243 e. The monoisotopic (exact) mass is 349 g/mol. The number of nitrogens with zero attached hydrogens (tertiary/aromatic N) is 3. The summed E-state index contributed by atoms with van der Waals surface area (Å²) in [5, 5.41) is 9.03. The van der Waals surface area contributed by atoms with Crippen molar-refractivity contribution in [2.75, 3.05) is 26.2 Å². The Morgan fingerprint density at radius 1 is 0.875 bits per heavy atom. The summed E-state index contributed by atoms with van der Waals surface area (Å²) in [7, 11) is -3.52. The van der Waals surface area contributed by atoms with Gasteiger partial charge in [-0.2, -0.15) is 9.57 Å². The zero-order valence-corrected chi connectivity index (χ0v) is 16.3. The minimum atomic E-state index is -3.52. The Kier molecular flexibility index (Phi) is 5.38. The molecule has 2 rings (SSSR count). The van der Waals surface area contributed by atoms with Crippen molar-refractivity contribution >= 4 is 10.0 Å². The molecule has 1 aliphatic heterocycles. The van der Waals surface area contributed by atoms with Crippen molar-refractivity contribution in [3.05, 3.63) is 27.8 Å². The molecule has 0 saturated carbocycles. The molecule has 1 aromatic carbocycles. The van der Waals surface area contributed by atoms with Gasteiger partial charge < -0.3 is 0 Å². The summed E-state index contributed by atoms with van der Waals surface area (Å²) >= 11 is 0. The van der Waals surface area contributed by atoms with E-state index in [9.17, 15) is 8.42 Å². The molecule has 0 aliphatic carbocycles. The van der Waals surface area contributed by atoms with Crippen molar-refractivity contribution in [2.45, 2.75) is 52.5 Å². The first-order chi connectivity index (χ1) is 11.1. The lowest BCUT2D eigenvalue weighted by Crippen LogP contribution is -2.51. The van der Waals surface area contributed by atoms with E-state index >= 15 is 0 Å². The molecule has 1 aliphatic rings. The van der Waals surface area contributed by atoms with E-state index in [0.29, 0.717) is 31.1 Å². The summed E-state index contributed by atoms with van der Waals surface area (Å²) in [6.07, 6.45) is 0. The fraction of sp³-hybridized carbons (Fsp3) is 0.611. The Bertz CT molecular complexity index is 756. The normalized spacial score (nSPS) is 18.4. The van der Waals surface area contributed by atoms with Crippen LogP contribution in [0.5, 0.6) is 0 Å². The van der Waals surface area contributed by atoms with Gasteiger partial charge in [0, 0.05) is 26.2 Å². The van der Waals surface area contributed by atoms with Gasteiger partial charge in [-0.1, -0.05) is 0 Å². The molecule has 1 saturated heterocycles. The number of hydrogen-bond donors (Lipinski definition) is 0. The Labute approximate surface area is 145 Å². The van der Waals surface area contributed by atoms with Crippen LogP contribution in [0.1, 0.15) is 34.7 Å². The van der Waals surface area contributed by atoms with Crippen LogP contribution >= 0.6 is 0 Å². The van der Waals surface area contributed by atoms with Gasteiger partial charge in [0.1, 0.15) is 0 Å². The maximum absolute atomic E-state index is 13.2. The predicted molar refractivity (Wildman–Crippen MR) is 95.5 cm³/mol. The fourth-order valence-electron chi connectivity index (χ4n) is 3.39. The molecule has 0 N–H and O–H groups in total. The van der Waals surface area contributed by atoms with E-state index in [0.717, 1.165) is 27.8 Å². The Morgan fingerprint density at radius 2 is 1.29 bits per heavy atom. The Morgan fingerprint density at radius 3 is 1.71 bits per heavy atom. The molecule has 0 radical (unpaired) electrons. The highest BCUT2D eigenvalue weighted by molar-refractivity contribution is 7.89. The van der Waals surface area contributed by atoms with Crippen molar-refractivity contribution in [1.82, 2.24) is 9.21 Å². The number of rotatable bonds is 3. The van der Waals surface area contributed by atoms with Crippen LogP contribution in [0.25, 0.3) is 0 Å². The first kappa shape index (κ1) is 18.9. The minimum absolute atomic E-state index is 0.179. The highest BCUT2D eigenvalue weighted by atomic mass is 32.2. The van der Waals surface area contributed by atoms with E-state index in [1.165, 1.54) is 0 Å². The van der Waals surface area contributed by atoms with Crippen LogP contribution in [0.4, 0.5) is 0 Å². The van der Waals surface area contributed by atoms with Gasteiger partial charge in [-0.05, 0) is 69.4 Å². The van der Waals surface area contributed by atoms with Crippen molar-refractivity contribution in [3.63, 3.8) is 0 Å². The highest BCUT2D eigenvalue weighted by Crippen LogP contribution is 2.31. The second-order valence-electron chi connectivity index (χ2n) is 6.70. The quantitative estimate of drug-likeness (QED) is 0.841. The third-order valence-electron chi connectivity index (χ3n) is 5.54. The van der Waals surface area contributed by atoms with Gasteiger partial charge >= 0.3 is 0 Å². The van der Waals surface area contributed by atoms with Crippen LogP contribution in [-0.4, -0.2) is 49.8 Å². The van der Waals surface area contributed by atoms with Crippen molar-refractivity contribution in [2.24, 2.45) is 0 Å². The maximum atomic E-state index is 13.2. The fourth-order valence-corrected chi connectivity index (χ4v) is 5.38. The SMILES string of the molecule is Cc1c(C)c(C)c(S(=O)(=O)N2CCN([C@H](C)C#N)CC2)c(C)c1C. The Balaban J connectivity index is 2.39. The first-order valence-corrected chi connectivity index (χ1v) is 9.77. The van der Waals surface area contributed by atoms with E-state index in [-0.39, 0.29) is 6.04 Å². The summed E-state index contributed by atoms with van der Waals surface area (Å²) in [6.45, 7) is 13.7. The highest BCUT2D eigenvalue weighted by Gasteiger charge is 2.33. The van der Waals surface area contributed by atoms with E-state index in [1.807, 2.05) is 46.4 Å². The van der Waals surface area contributed by atoms with Crippen LogP contribution in [0.3, 0.4) is 0 Å². The van der Waals surface area contributed by atoms with Gasteiger partial charge in [0.25, 0.3) is 0 Å². The molecule has 1 atom stereocenters. The molecule has 1 heterocycles. The average Bonchev–Trinajstić information content (AvgIpc) is 2.57. The van der Waals surface area contributed by atoms with Gasteiger partial charge in [0.15, 0.2) is 0 Å². The first-order valence-electron chi connectivity index (χ1n) is 8.33. The number of piperazine rings is 1. The smallest absolute Gasteiger partial charge is 0.243 e. The number of sulfonamides is 1. The van der Waals surface area contributed by atoms with Crippen molar-refractivity contribution < 1.29 is 8.42 Å². The van der Waals surface area contributed by atoms with E-state index in [1.54, 1.807) is 4.31 Å². The second kappa shape index (κ2) is 6.83. The molecule has 0 bridgehead atoms. The summed E-state index contributed by atoms with van der Waals surface area (Å²) in [5.74, 6) is 0. The lowest BCUT2D eigenvalue weighted by molar-refractivity contribution is 0.169. The van der Waals surface area contributed by atoms with Gasteiger partial charge in [0.05, 0.1) is 17.0 Å². The van der Waals surface area contributed by atoms with E-state index < -0.39 is 10.0 Å². The summed E-state index contributed by atoms with van der Waals surface area (Å²) in [4.78, 5) is 2.49. The van der Waals surface area contributed by atoms with Gasteiger partial charge in [-0.25, -0.2) is 8.42 Å². The van der Waals surface area contributed by atoms with Crippen LogP contribution in [0.2, 0.25) is 0 Å². The van der Waals surface area contributed by atoms with Gasteiger partial charge in [-0.3, -0.25) is 4.90 Å². The predicted octanol–water partition coefficient (Wildman–Crippen LogP) is 2.45. The minimum Gasteiger partial charge on any atom is -0.286 e. The molecule has 1 aromatic rings. The summed E-state index contributed by atoms with van der Waals surface area (Å²) in [6, 6.07) is 2.04. The summed E-state index contributed by atoms with van der Waals surface area (Å²) in [5.41, 5.74) is 4.96. The zero-order chi connectivity index (χ0) is 18.2. The van der Waals surface area contributed by atoms with Crippen molar-refractivity contribution in [3.8, 4) is 6.07 Å². The van der Waals surface area contributed by atoms with Gasteiger partial charge in [-0.15, -0.1) is 0 Å². The molecular weight excluding hydrogens is 322 g/mol. The molecule has 5 nitrogen and oxygen atoms in total. The zero-order valence-electron chi connectivity index (χ0n) is 15.5. The topological polar surface area (TPSA) is 64.4 Å².